The summed E-state index contributed by atoms with van der Waals surface area (Å²) in [6.45, 7) is 2.00. The van der Waals surface area contributed by atoms with Crippen molar-refractivity contribution in [3.05, 3.63) is 30.1 Å². The van der Waals surface area contributed by atoms with Crippen LogP contribution in [0.1, 0.15) is 18.4 Å². The Morgan fingerprint density at radius 2 is 2.40 bits per heavy atom. The summed E-state index contributed by atoms with van der Waals surface area (Å²) in [6, 6.07) is 3.90. The van der Waals surface area contributed by atoms with Gasteiger partial charge in [-0.05, 0) is 31.4 Å². The lowest BCUT2D eigenvalue weighted by atomic mass is 9.83. The molecule has 0 radical (unpaired) electrons. The van der Waals surface area contributed by atoms with Gasteiger partial charge >= 0.3 is 0 Å². The monoisotopic (exact) mass is 204 g/mol. The Labute approximate surface area is 89.5 Å². The van der Waals surface area contributed by atoms with Crippen LogP contribution in [0.2, 0.25) is 0 Å². The molecule has 1 aromatic heterocycles. The summed E-state index contributed by atoms with van der Waals surface area (Å²) < 4.78 is 0. The second-order valence-electron chi connectivity index (χ2n) is 4.73. The number of rotatable bonds is 1. The summed E-state index contributed by atoms with van der Waals surface area (Å²) in [7, 11) is 0. The normalized spacial score (nSPS) is 39.3. The van der Waals surface area contributed by atoms with Crippen LogP contribution >= 0.6 is 0 Å². The van der Waals surface area contributed by atoms with Crippen LogP contribution in [0.25, 0.3) is 0 Å². The van der Waals surface area contributed by atoms with Crippen LogP contribution < -0.4 is 5.32 Å². The van der Waals surface area contributed by atoms with Crippen molar-refractivity contribution in [1.82, 2.24) is 10.3 Å². The van der Waals surface area contributed by atoms with Crippen molar-refractivity contribution in [1.29, 1.82) is 0 Å². The second-order valence-corrected chi connectivity index (χ2v) is 4.73. The molecule has 3 heteroatoms. The molecule has 80 valence electrons. The fraction of sp³-hybridized carbons (Fsp3) is 0.583. The number of fused-ring (bicyclic) bond motifs is 1. The highest BCUT2D eigenvalue weighted by molar-refractivity contribution is 5.23. The number of nitrogens with zero attached hydrogens (tertiary/aromatic N) is 1. The van der Waals surface area contributed by atoms with Crippen LogP contribution in [0.3, 0.4) is 0 Å². The van der Waals surface area contributed by atoms with E-state index in [2.05, 4.69) is 10.3 Å². The molecular formula is C12H16N2O. The maximum Gasteiger partial charge on any atom is 0.0954 e. The van der Waals surface area contributed by atoms with Crippen molar-refractivity contribution in [2.45, 2.75) is 18.4 Å². The van der Waals surface area contributed by atoms with Gasteiger partial charge in [0.05, 0.1) is 5.60 Å². The van der Waals surface area contributed by atoms with E-state index in [9.17, 15) is 5.11 Å². The molecule has 1 aromatic rings. The molecule has 3 unspecified atom stereocenters. The van der Waals surface area contributed by atoms with Crippen LogP contribution in [-0.4, -0.2) is 23.2 Å². The molecule has 1 aliphatic heterocycles. The number of aliphatic hydroxyl groups is 1. The molecule has 0 aromatic carbocycles. The highest BCUT2D eigenvalue weighted by Crippen LogP contribution is 2.48. The minimum absolute atomic E-state index is 0.377. The third-order valence-corrected chi connectivity index (χ3v) is 4.01. The molecule has 1 aliphatic carbocycles. The standard InChI is InChI=1S/C12H16N2O/c15-12(10-2-1-5-13-7-10)4-3-9-6-14-8-11(9)12/h1-2,5,7,9,11,14-15H,3-4,6,8H2. The Morgan fingerprint density at radius 1 is 1.47 bits per heavy atom. The van der Waals surface area contributed by atoms with E-state index in [1.165, 1.54) is 0 Å². The number of nitrogens with one attached hydrogen (secondary N) is 1. The topological polar surface area (TPSA) is 45.2 Å². The zero-order chi connectivity index (χ0) is 10.3. The quantitative estimate of drug-likeness (QED) is 0.714. The summed E-state index contributed by atoms with van der Waals surface area (Å²) in [5, 5.41) is 14.1. The zero-order valence-corrected chi connectivity index (χ0v) is 8.69. The number of pyridine rings is 1. The average molecular weight is 204 g/mol. The van der Waals surface area contributed by atoms with Crippen molar-refractivity contribution in [2.75, 3.05) is 13.1 Å². The summed E-state index contributed by atoms with van der Waals surface area (Å²) in [6.07, 6.45) is 5.58. The number of hydrogen-bond donors (Lipinski definition) is 2. The highest BCUT2D eigenvalue weighted by atomic mass is 16.3. The van der Waals surface area contributed by atoms with Crippen LogP contribution in [0.15, 0.2) is 24.5 Å². The van der Waals surface area contributed by atoms with Gasteiger partial charge in [-0.15, -0.1) is 0 Å². The van der Waals surface area contributed by atoms with Crippen molar-refractivity contribution in [3.63, 3.8) is 0 Å². The van der Waals surface area contributed by atoms with Crippen molar-refractivity contribution in [3.8, 4) is 0 Å². The van der Waals surface area contributed by atoms with E-state index < -0.39 is 5.60 Å². The lowest BCUT2D eigenvalue weighted by molar-refractivity contribution is -0.00220. The van der Waals surface area contributed by atoms with Gasteiger partial charge in [-0.1, -0.05) is 6.07 Å². The second kappa shape index (κ2) is 3.29. The largest absolute Gasteiger partial charge is 0.385 e. The van der Waals surface area contributed by atoms with Crippen molar-refractivity contribution < 1.29 is 5.11 Å². The van der Waals surface area contributed by atoms with Gasteiger partial charge in [-0.2, -0.15) is 0 Å². The smallest absolute Gasteiger partial charge is 0.0954 e. The highest BCUT2D eigenvalue weighted by Gasteiger charge is 2.50. The van der Waals surface area contributed by atoms with E-state index in [-0.39, 0.29) is 0 Å². The fourth-order valence-electron chi connectivity index (χ4n) is 3.16. The maximum absolute atomic E-state index is 10.8. The molecule has 2 aliphatic rings. The molecule has 3 atom stereocenters. The van der Waals surface area contributed by atoms with Gasteiger partial charge in [0.15, 0.2) is 0 Å². The summed E-state index contributed by atoms with van der Waals surface area (Å²) in [5.41, 5.74) is 0.351. The average Bonchev–Trinajstić information content (AvgIpc) is 2.85. The van der Waals surface area contributed by atoms with Gasteiger partial charge < -0.3 is 10.4 Å². The van der Waals surface area contributed by atoms with Gasteiger partial charge in [0.25, 0.3) is 0 Å². The predicted molar refractivity (Wildman–Crippen MR) is 57.2 cm³/mol. The molecule has 0 bridgehead atoms. The van der Waals surface area contributed by atoms with Crippen LogP contribution in [0, 0.1) is 11.8 Å². The zero-order valence-electron chi connectivity index (χ0n) is 8.69. The van der Waals surface area contributed by atoms with Crippen molar-refractivity contribution in [2.24, 2.45) is 11.8 Å². The van der Waals surface area contributed by atoms with E-state index in [1.54, 1.807) is 12.4 Å². The lowest BCUT2D eigenvalue weighted by Crippen LogP contribution is -2.33. The first kappa shape index (κ1) is 9.31. The van der Waals surface area contributed by atoms with E-state index in [0.717, 1.165) is 31.5 Å². The Morgan fingerprint density at radius 3 is 3.20 bits per heavy atom. The van der Waals surface area contributed by atoms with Gasteiger partial charge in [-0.25, -0.2) is 0 Å². The molecule has 3 rings (SSSR count). The van der Waals surface area contributed by atoms with E-state index in [1.807, 2.05) is 12.1 Å². The predicted octanol–water partition coefficient (Wildman–Crippen LogP) is 0.899. The van der Waals surface area contributed by atoms with Gasteiger partial charge in [0.2, 0.25) is 0 Å². The molecule has 3 nitrogen and oxygen atoms in total. The minimum Gasteiger partial charge on any atom is -0.385 e. The first-order valence-electron chi connectivity index (χ1n) is 5.64. The molecule has 2 heterocycles. The molecule has 15 heavy (non-hydrogen) atoms. The number of aromatic nitrogens is 1. The van der Waals surface area contributed by atoms with E-state index >= 15 is 0 Å². The summed E-state index contributed by atoms with van der Waals surface area (Å²) >= 11 is 0. The third kappa shape index (κ3) is 1.30. The molecular weight excluding hydrogens is 188 g/mol. The Hall–Kier alpha value is -0.930. The van der Waals surface area contributed by atoms with Gasteiger partial charge in [-0.3, -0.25) is 4.98 Å². The molecule has 2 fully saturated rings. The summed E-state index contributed by atoms with van der Waals surface area (Å²) in [5.74, 6) is 1.02. The Kier molecular flexibility index (Phi) is 2.04. The SMILES string of the molecule is OC1(c2cccnc2)CCC2CNCC21. The van der Waals surface area contributed by atoms with Crippen molar-refractivity contribution >= 4 is 0 Å². The first-order valence-corrected chi connectivity index (χ1v) is 5.64. The molecule has 1 saturated carbocycles. The van der Waals surface area contributed by atoms with Crippen LogP contribution in [-0.2, 0) is 5.60 Å². The molecule has 2 N–H and O–H groups in total. The van der Waals surface area contributed by atoms with Gasteiger partial charge in [0, 0.05) is 30.4 Å². The fourth-order valence-corrected chi connectivity index (χ4v) is 3.16. The maximum atomic E-state index is 10.8. The van der Waals surface area contributed by atoms with E-state index in [4.69, 9.17) is 0 Å². The minimum atomic E-state index is -0.636. The third-order valence-electron chi connectivity index (χ3n) is 4.01. The van der Waals surface area contributed by atoms with Crippen LogP contribution in [0.5, 0.6) is 0 Å². The molecule has 1 saturated heterocycles. The summed E-state index contributed by atoms with van der Waals surface area (Å²) in [4.78, 5) is 4.11. The molecule has 0 spiro atoms. The first-order chi connectivity index (χ1) is 7.31. The van der Waals surface area contributed by atoms with Crippen LogP contribution in [0.4, 0.5) is 0 Å². The lowest BCUT2D eigenvalue weighted by Gasteiger charge is -2.29. The Bertz CT molecular complexity index is 354. The van der Waals surface area contributed by atoms with E-state index in [0.29, 0.717) is 11.8 Å². The Balaban J connectivity index is 1.97. The van der Waals surface area contributed by atoms with Gasteiger partial charge in [0.1, 0.15) is 0 Å². The number of hydrogen-bond acceptors (Lipinski definition) is 3. The molecule has 0 amide bonds.